The lowest BCUT2D eigenvalue weighted by Gasteiger charge is -2.08. The van der Waals surface area contributed by atoms with Gasteiger partial charge in [0.15, 0.2) is 5.76 Å². The molecule has 5 rings (SSSR count). The maximum Gasteiger partial charge on any atom is 0.339 e. The second-order valence-corrected chi connectivity index (χ2v) is 7.00. The first-order chi connectivity index (χ1) is 15.0. The van der Waals surface area contributed by atoms with Crippen LogP contribution in [-0.2, 0) is 11.3 Å². The van der Waals surface area contributed by atoms with Crippen molar-refractivity contribution in [3.05, 3.63) is 81.7 Å². The standard InChI is InChI=1S/C22H16N4O5/c1-12-5-3-7-18-23-14(9-19(27)26(12)18)11-30-22(28)15-10-16(17-6-4-8-29-17)24-21-20(15)13(2)25-31-21/h3-10H,11H2,1-2H3. The summed E-state index contributed by atoms with van der Waals surface area (Å²) in [5, 5.41) is 4.36. The minimum absolute atomic E-state index is 0.164. The second kappa shape index (κ2) is 7.21. The van der Waals surface area contributed by atoms with Crippen molar-refractivity contribution in [3.8, 4) is 11.5 Å². The van der Waals surface area contributed by atoms with Crippen LogP contribution in [0.1, 0.15) is 27.4 Å². The van der Waals surface area contributed by atoms with Crippen molar-refractivity contribution in [3.63, 3.8) is 0 Å². The summed E-state index contributed by atoms with van der Waals surface area (Å²) in [6.45, 7) is 3.37. The van der Waals surface area contributed by atoms with Gasteiger partial charge in [-0.25, -0.2) is 14.8 Å². The summed E-state index contributed by atoms with van der Waals surface area (Å²) in [6.07, 6.45) is 1.51. The number of hydrogen-bond donors (Lipinski definition) is 0. The van der Waals surface area contributed by atoms with Gasteiger partial charge in [0.25, 0.3) is 11.3 Å². The normalized spacial score (nSPS) is 11.3. The SMILES string of the molecule is Cc1noc2nc(-c3ccco3)cc(C(=O)OCc3cc(=O)n4c(C)cccc4n3)c12. The van der Waals surface area contributed by atoms with Gasteiger partial charge < -0.3 is 13.7 Å². The van der Waals surface area contributed by atoms with E-state index in [1.54, 1.807) is 31.2 Å². The van der Waals surface area contributed by atoms with Gasteiger partial charge in [-0.2, -0.15) is 0 Å². The van der Waals surface area contributed by atoms with E-state index in [0.29, 0.717) is 33.9 Å². The number of aryl methyl sites for hydroxylation is 2. The zero-order valence-electron chi connectivity index (χ0n) is 16.7. The van der Waals surface area contributed by atoms with Crippen molar-refractivity contribution in [2.24, 2.45) is 0 Å². The molecule has 154 valence electrons. The summed E-state index contributed by atoms with van der Waals surface area (Å²) in [4.78, 5) is 34.2. The van der Waals surface area contributed by atoms with Crippen molar-refractivity contribution in [2.75, 3.05) is 0 Å². The van der Waals surface area contributed by atoms with Crippen LogP contribution >= 0.6 is 0 Å². The molecule has 0 aliphatic heterocycles. The van der Waals surface area contributed by atoms with Crippen molar-refractivity contribution >= 4 is 22.7 Å². The van der Waals surface area contributed by atoms with Crippen molar-refractivity contribution in [1.29, 1.82) is 0 Å². The highest BCUT2D eigenvalue weighted by Crippen LogP contribution is 2.28. The van der Waals surface area contributed by atoms with E-state index in [4.69, 9.17) is 13.7 Å². The van der Waals surface area contributed by atoms with Crippen LogP contribution in [0.15, 0.2) is 62.5 Å². The fourth-order valence-corrected chi connectivity index (χ4v) is 3.46. The van der Waals surface area contributed by atoms with Gasteiger partial charge in [0, 0.05) is 11.8 Å². The van der Waals surface area contributed by atoms with E-state index in [-0.39, 0.29) is 23.4 Å². The molecule has 0 fully saturated rings. The number of carbonyl (C=O) groups excluding carboxylic acids is 1. The van der Waals surface area contributed by atoms with Gasteiger partial charge in [-0.3, -0.25) is 9.20 Å². The highest BCUT2D eigenvalue weighted by Gasteiger charge is 2.21. The van der Waals surface area contributed by atoms with E-state index < -0.39 is 5.97 Å². The molecule has 0 bridgehead atoms. The quantitative estimate of drug-likeness (QED) is 0.409. The summed E-state index contributed by atoms with van der Waals surface area (Å²) in [5.41, 5.74) is 2.74. The number of carbonyl (C=O) groups is 1. The molecule has 0 aliphatic rings. The Labute approximate surface area is 174 Å². The third-order valence-corrected chi connectivity index (χ3v) is 4.89. The lowest BCUT2D eigenvalue weighted by atomic mass is 10.1. The Morgan fingerprint density at radius 1 is 1.13 bits per heavy atom. The topological polar surface area (TPSA) is 113 Å². The molecule has 0 N–H and O–H groups in total. The average molecular weight is 416 g/mol. The van der Waals surface area contributed by atoms with Crippen molar-refractivity contribution in [2.45, 2.75) is 20.5 Å². The first kappa shape index (κ1) is 18.7. The van der Waals surface area contributed by atoms with Crippen LogP contribution in [0, 0.1) is 13.8 Å². The molecule has 0 saturated heterocycles. The molecule has 0 saturated carbocycles. The lowest BCUT2D eigenvalue weighted by Crippen LogP contribution is -2.18. The Morgan fingerprint density at radius 2 is 2.00 bits per heavy atom. The van der Waals surface area contributed by atoms with E-state index in [1.807, 2.05) is 19.1 Å². The molecule has 9 nitrogen and oxygen atoms in total. The third-order valence-electron chi connectivity index (χ3n) is 4.89. The number of rotatable bonds is 4. The number of ether oxygens (including phenoxy) is 1. The van der Waals surface area contributed by atoms with Gasteiger partial charge in [0.05, 0.1) is 28.6 Å². The average Bonchev–Trinajstić information content (AvgIpc) is 3.42. The fraction of sp³-hybridized carbons (Fsp3) is 0.136. The molecule has 9 heteroatoms. The Hall–Kier alpha value is -4.27. The van der Waals surface area contributed by atoms with E-state index >= 15 is 0 Å². The predicted molar refractivity (Wildman–Crippen MR) is 110 cm³/mol. The summed E-state index contributed by atoms with van der Waals surface area (Å²) >= 11 is 0. The summed E-state index contributed by atoms with van der Waals surface area (Å²) in [5.74, 6) is -0.137. The predicted octanol–water partition coefficient (Wildman–Crippen LogP) is 3.46. The smallest absolute Gasteiger partial charge is 0.339 e. The highest BCUT2D eigenvalue weighted by molar-refractivity contribution is 6.04. The largest absolute Gasteiger partial charge is 0.463 e. The van der Waals surface area contributed by atoms with Gasteiger partial charge in [-0.15, -0.1) is 0 Å². The Kier molecular flexibility index (Phi) is 4.36. The fourth-order valence-electron chi connectivity index (χ4n) is 3.46. The maximum atomic E-state index is 12.9. The molecule has 0 spiro atoms. The number of pyridine rings is 2. The zero-order chi connectivity index (χ0) is 21.5. The summed E-state index contributed by atoms with van der Waals surface area (Å²) in [6, 6.07) is 11.7. The number of esters is 1. The van der Waals surface area contributed by atoms with Gasteiger partial charge in [-0.1, -0.05) is 11.2 Å². The molecule has 0 unspecified atom stereocenters. The van der Waals surface area contributed by atoms with Crippen LogP contribution in [0.5, 0.6) is 0 Å². The molecule has 5 heterocycles. The minimum Gasteiger partial charge on any atom is -0.463 e. The Morgan fingerprint density at radius 3 is 2.81 bits per heavy atom. The van der Waals surface area contributed by atoms with Gasteiger partial charge in [-0.05, 0) is 44.2 Å². The molecule has 5 aromatic rings. The molecule has 0 aromatic carbocycles. The number of nitrogens with zero attached hydrogens (tertiary/aromatic N) is 4. The second-order valence-electron chi connectivity index (χ2n) is 7.00. The molecular weight excluding hydrogens is 400 g/mol. The lowest BCUT2D eigenvalue weighted by molar-refractivity contribution is 0.0470. The number of fused-ring (bicyclic) bond motifs is 2. The van der Waals surface area contributed by atoms with Gasteiger partial charge in [0.2, 0.25) is 0 Å². The van der Waals surface area contributed by atoms with Crippen LogP contribution in [0.2, 0.25) is 0 Å². The number of hydrogen-bond acceptors (Lipinski definition) is 8. The van der Waals surface area contributed by atoms with Crippen LogP contribution in [0.3, 0.4) is 0 Å². The molecule has 0 aliphatic carbocycles. The summed E-state index contributed by atoms with van der Waals surface area (Å²) < 4.78 is 17.6. The van der Waals surface area contributed by atoms with Crippen molar-refractivity contribution < 1.29 is 18.5 Å². The van der Waals surface area contributed by atoms with Crippen LogP contribution in [-0.4, -0.2) is 25.5 Å². The molecular formula is C22H16N4O5. The van der Waals surface area contributed by atoms with Gasteiger partial charge >= 0.3 is 5.97 Å². The van der Waals surface area contributed by atoms with Crippen molar-refractivity contribution in [1.82, 2.24) is 19.5 Å². The molecule has 31 heavy (non-hydrogen) atoms. The number of aromatic nitrogens is 4. The third kappa shape index (κ3) is 3.25. The van der Waals surface area contributed by atoms with Gasteiger partial charge in [0.1, 0.15) is 17.9 Å². The zero-order valence-corrected chi connectivity index (χ0v) is 16.7. The first-order valence-electron chi connectivity index (χ1n) is 9.47. The Bertz CT molecular complexity index is 1500. The monoisotopic (exact) mass is 416 g/mol. The minimum atomic E-state index is -0.613. The van der Waals surface area contributed by atoms with Crippen LogP contribution < -0.4 is 5.56 Å². The maximum absolute atomic E-state index is 12.9. The molecule has 0 amide bonds. The first-order valence-corrected chi connectivity index (χ1v) is 9.47. The number of furan rings is 1. The molecule has 0 atom stereocenters. The van der Waals surface area contributed by atoms with E-state index in [0.717, 1.165) is 5.69 Å². The molecule has 0 radical (unpaired) electrons. The Balaban J connectivity index is 1.49. The highest BCUT2D eigenvalue weighted by atomic mass is 16.5. The van der Waals surface area contributed by atoms with E-state index in [2.05, 4.69) is 15.1 Å². The van der Waals surface area contributed by atoms with Crippen LogP contribution in [0.4, 0.5) is 0 Å². The van der Waals surface area contributed by atoms with E-state index in [9.17, 15) is 9.59 Å². The van der Waals surface area contributed by atoms with Crippen LogP contribution in [0.25, 0.3) is 28.2 Å². The summed E-state index contributed by atoms with van der Waals surface area (Å²) in [7, 11) is 0. The molecule has 5 aromatic heterocycles. The van der Waals surface area contributed by atoms with E-state index in [1.165, 1.54) is 16.7 Å².